The van der Waals surface area contributed by atoms with Gasteiger partial charge in [-0.3, -0.25) is 4.79 Å². The number of hydrogen-bond donors (Lipinski definition) is 6. The molecular formula is C14H19I3N3O6-. The Morgan fingerprint density at radius 2 is 1.69 bits per heavy atom. The molecule has 1 aromatic rings. The van der Waals surface area contributed by atoms with Crippen molar-refractivity contribution in [1.82, 2.24) is 10.4 Å². The second kappa shape index (κ2) is 11.4. The normalized spacial score (nSPS) is 13.7. The molecule has 2 unspecified atom stereocenters. The molecular weight excluding hydrogens is 687 g/mol. The van der Waals surface area contributed by atoms with E-state index in [-0.39, 0.29) is 25.2 Å². The van der Waals surface area contributed by atoms with Crippen LogP contribution in [0.4, 0.5) is 5.69 Å². The predicted molar refractivity (Wildman–Crippen MR) is 121 cm³/mol. The number of hydroxylamine groups is 2. The van der Waals surface area contributed by atoms with Crippen molar-refractivity contribution in [3.05, 3.63) is 27.0 Å². The minimum Gasteiger partial charge on any atom is -0.785 e. The van der Waals surface area contributed by atoms with Gasteiger partial charge in [0.25, 0.3) is 5.91 Å². The minimum absolute atomic E-state index is 0.117. The first-order chi connectivity index (χ1) is 12.1. The Balaban J connectivity index is 3.16. The van der Waals surface area contributed by atoms with Crippen LogP contribution < -0.4 is 11.1 Å². The quantitative estimate of drug-likeness (QED) is 0.117. The number of carbonyl (C=O) groups is 1. The fourth-order valence-electron chi connectivity index (χ4n) is 1.97. The summed E-state index contributed by atoms with van der Waals surface area (Å²) >= 11 is 5.89. The molecule has 0 aromatic heterocycles. The Labute approximate surface area is 191 Å². The van der Waals surface area contributed by atoms with Crippen molar-refractivity contribution in [2.45, 2.75) is 18.8 Å². The molecule has 9 nitrogen and oxygen atoms in total. The molecule has 0 saturated heterocycles. The highest BCUT2D eigenvalue weighted by Crippen LogP contribution is 2.34. The number of nitrogen functional groups attached to an aromatic ring is 1. The second-order valence-corrected chi connectivity index (χ2v) is 8.65. The summed E-state index contributed by atoms with van der Waals surface area (Å²) in [4.78, 5) is 12.5. The molecule has 1 aromatic carbocycles. The fraction of sp³-hybridized carbons (Fsp3) is 0.500. The highest BCUT2D eigenvalue weighted by Gasteiger charge is 2.24. The maximum Gasteiger partial charge on any atom is 0.253 e. The molecule has 0 aliphatic carbocycles. The molecule has 148 valence electrons. The van der Waals surface area contributed by atoms with Gasteiger partial charge in [-0.1, -0.05) is 0 Å². The number of nitrogens with zero attached hydrogens (tertiary/aromatic N) is 1. The maximum atomic E-state index is 12.5. The van der Waals surface area contributed by atoms with Crippen LogP contribution in [0, 0.1) is 15.9 Å². The minimum atomic E-state index is -1.16. The SMILES string of the molecule is Nc1c(I)c(CN([O-])CC(O)CO)c(I)c(C(=O)NCC(O)CO)c1I. The largest absolute Gasteiger partial charge is 0.785 e. The number of benzene rings is 1. The average Bonchev–Trinajstić information content (AvgIpc) is 2.61. The van der Waals surface area contributed by atoms with Gasteiger partial charge in [0, 0.05) is 26.8 Å². The van der Waals surface area contributed by atoms with Crippen molar-refractivity contribution >= 4 is 79.4 Å². The number of nitrogens with two attached hydrogens (primary N) is 1. The van der Waals surface area contributed by atoms with Gasteiger partial charge in [0.2, 0.25) is 0 Å². The van der Waals surface area contributed by atoms with Crippen LogP contribution in [0.25, 0.3) is 0 Å². The molecule has 0 bridgehead atoms. The lowest BCUT2D eigenvalue weighted by molar-refractivity contribution is 0.0701. The molecule has 0 aliphatic heterocycles. The molecule has 26 heavy (non-hydrogen) atoms. The monoisotopic (exact) mass is 706 g/mol. The van der Waals surface area contributed by atoms with Gasteiger partial charge in [0.05, 0.1) is 40.2 Å². The Kier molecular flexibility index (Phi) is 10.8. The van der Waals surface area contributed by atoms with Crippen LogP contribution in [-0.4, -0.2) is 69.9 Å². The van der Waals surface area contributed by atoms with Crippen LogP contribution in [0.2, 0.25) is 0 Å². The van der Waals surface area contributed by atoms with Crippen LogP contribution in [0.5, 0.6) is 0 Å². The van der Waals surface area contributed by atoms with Crippen molar-refractivity contribution in [3.8, 4) is 0 Å². The average molecular weight is 706 g/mol. The van der Waals surface area contributed by atoms with Crippen molar-refractivity contribution < 1.29 is 25.2 Å². The standard InChI is InChI=1S/C14H19I3N3O6/c15-10-8(3-20(26)2-7(24)5-22)11(16)13(18)12(17)9(10)14(25)19-1-6(23)4-21/h6-7,21-24H,1-5,18H2,(H,19,25)/q-1. The molecule has 0 spiro atoms. The molecule has 7 N–H and O–H groups in total. The number of aliphatic hydroxyl groups is 4. The van der Waals surface area contributed by atoms with Crippen molar-refractivity contribution in [2.75, 3.05) is 32.0 Å². The Bertz CT molecular complexity index is 649. The summed E-state index contributed by atoms with van der Waals surface area (Å²) in [5.74, 6) is -0.483. The number of carbonyl (C=O) groups excluding carboxylic acids is 1. The van der Waals surface area contributed by atoms with E-state index >= 15 is 0 Å². The zero-order valence-electron chi connectivity index (χ0n) is 13.5. The number of aliphatic hydroxyl groups excluding tert-OH is 4. The van der Waals surface area contributed by atoms with Gasteiger partial charge in [-0.05, 0) is 73.3 Å². The van der Waals surface area contributed by atoms with E-state index in [1.54, 1.807) is 0 Å². The summed E-state index contributed by atoms with van der Waals surface area (Å²) in [5.41, 5.74) is 7.25. The van der Waals surface area contributed by atoms with E-state index in [1.165, 1.54) is 0 Å². The third kappa shape index (κ3) is 6.50. The lowest BCUT2D eigenvalue weighted by Crippen LogP contribution is -2.35. The molecule has 0 aliphatic rings. The Morgan fingerprint density at radius 1 is 1.12 bits per heavy atom. The molecule has 0 fully saturated rings. The van der Waals surface area contributed by atoms with Gasteiger partial charge in [-0.15, -0.1) is 0 Å². The van der Waals surface area contributed by atoms with Gasteiger partial charge >= 0.3 is 0 Å². The smallest absolute Gasteiger partial charge is 0.253 e. The van der Waals surface area contributed by atoms with Crippen molar-refractivity contribution in [1.29, 1.82) is 0 Å². The van der Waals surface area contributed by atoms with Gasteiger partial charge in [0.15, 0.2) is 0 Å². The molecule has 0 radical (unpaired) electrons. The number of hydrogen-bond acceptors (Lipinski definition) is 8. The van der Waals surface area contributed by atoms with Crippen LogP contribution in [0.15, 0.2) is 0 Å². The molecule has 2 atom stereocenters. The molecule has 12 heteroatoms. The van der Waals surface area contributed by atoms with Crippen LogP contribution in [0.1, 0.15) is 15.9 Å². The van der Waals surface area contributed by atoms with E-state index in [9.17, 15) is 20.2 Å². The highest BCUT2D eigenvalue weighted by atomic mass is 127. The third-order valence-corrected chi connectivity index (χ3v) is 6.88. The fourth-order valence-corrected chi connectivity index (χ4v) is 5.97. The van der Waals surface area contributed by atoms with E-state index in [1.807, 2.05) is 67.8 Å². The number of nitrogens with one attached hydrogen (secondary N) is 1. The van der Waals surface area contributed by atoms with Crippen molar-refractivity contribution in [2.24, 2.45) is 0 Å². The van der Waals surface area contributed by atoms with E-state index in [0.717, 1.165) is 0 Å². The summed E-state index contributed by atoms with van der Waals surface area (Å²) in [7, 11) is 0. The van der Waals surface area contributed by atoms with E-state index in [4.69, 9.17) is 15.9 Å². The first kappa shape index (κ1) is 24.5. The Morgan fingerprint density at radius 3 is 2.23 bits per heavy atom. The van der Waals surface area contributed by atoms with E-state index < -0.39 is 31.3 Å². The topological polar surface area (TPSA) is 162 Å². The lowest BCUT2D eigenvalue weighted by atomic mass is 10.1. The second-order valence-electron chi connectivity index (χ2n) is 5.41. The maximum absolute atomic E-state index is 12.5. The number of halogens is 3. The summed E-state index contributed by atoms with van der Waals surface area (Å²) in [6.45, 7) is -1.53. The first-order valence-corrected chi connectivity index (χ1v) is 10.6. The van der Waals surface area contributed by atoms with Gasteiger partial charge in [0.1, 0.15) is 0 Å². The summed E-state index contributed by atoms with van der Waals surface area (Å²) < 4.78 is 1.67. The van der Waals surface area contributed by atoms with Crippen LogP contribution in [-0.2, 0) is 6.54 Å². The van der Waals surface area contributed by atoms with Crippen molar-refractivity contribution in [3.63, 3.8) is 0 Å². The zero-order chi connectivity index (χ0) is 20.0. The van der Waals surface area contributed by atoms with E-state index in [2.05, 4.69) is 5.32 Å². The van der Waals surface area contributed by atoms with E-state index in [0.29, 0.717) is 27.0 Å². The van der Waals surface area contributed by atoms with Gasteiger partial charge in [-0.25, -0.2) is 0 Å². The molecule has 1 rings (SSSR count). The third-order valence-electron chi connectivity index (χ3n) is 3.34. The molecule has 1 amide bonds. The highest BCUT2D eigenvalue weighted by molar-refractivity contribution is 14.1. The lowest BCUT2D eigenvalue weighted by Gasteiger charge is -2.31. The molecule has 0 saturated carbocycles. The number of anilines is 1. The summed E-state index contributed by atoms with van der Waals surface area (Å²) in [6, 6.07) is 0. The Hall–Kier alpha value is 0.440. The van der Waals surface area contributed by atoms with Crippen LogP contribution >= 0.6 is 67.8 Å². The summed E-state index contributed by atoms with van der Waals surface area (Å²) in [5, 5.41) is 51.6. The van der Waals surface area contributed by atoms with Gasteiger partial charge in [-0.2, -0.15) is 0 Å². The predicted octanol–water partition coefficient (Wildman–Crippen LogP) is -0.181. The number of amides is 1. The zero-order valence-corrected chi connectivity index (χ0v) is 19.9. The first-order valence-electron chi connectivity index (χ1n) is 7.36. The summed E-state index contributed by atoms with van der Waals surface area (Å²) in [6.07, 6.45) is -2.24. The van der Waals surface area contributed by atoms with Gasteiger partial charge < -0.3 is 41.7 Å². The number of rotatable bonds is 9. The van der Waals surface area contributed by atoms with Crippen LogP contribution in [0.3, 0.4) is 0 Å². The molecule has 0 heterocycles.